The van der Waals surface area contributed by atoms with E-state index in [0.717, 1.165) is 37.4 Å². The Bertz CT molecular complexity index is 1740. The number of hydrogen-bond donors (Lipinski definition) is 3. The van der Waals surface area contributed by atoms with Crippen LogP contribution in [-0.2, 0) is 4.79 Å². The van der Waals surface area contributed by atoms with Gasteiger partial charge in [-0.05, 0) is 68.6 Å². The number of likely N-dealkylation sites (N-methyl/N-ethyl adjacent to an activating group) is 1. The number of amides is 2. The predicted molar refractivity (Wildman–Crippen MR) is 170 cm³/mol. The van der Waals surface area contributed by atoms with E-state index < -0.39 is 0 Å². The van der Waals surface area contributed by atoms with Crippen LogP contribution in [0.5, 0.6) is 0 Å². The normalized spacial score (nSPS) is 15.6. The molecule has 0 atom stereocenters. The van der Waals surface area contributed by atoms with Gasteiger partial charge in [0.25, 0.3) is 11.8 Å². The van der Waals surface area contributed by atoms with Crippen LogP contribution in [-0.4, -0.2) is 60.7 Å². The zero-order valence-corrected chi connectivity index (χ0v) is 24.1. The highest BCUT2D eigenvalue weighted by Crippen LogP contribution is 2.33. The van der Waals surface area contributed by atoms with Gasteiger partial charge in [0.05, 0.1) is 11.1 Å². The third-order valence-corrected chi connectivity index (χ3v) is 7.82. The summed E-state index contributed by atoms with van der Waals surface area (Å²) in [5.41, 5.74) is 6.29. The lowest BCUT2D eigenvalue weighted by Gasteiger charge is -2.34. The molecule has 3 heterocycles. The summed E-state index contributed by atoms with van der Waals surface area (Å²) in [5.74, 6) is -0.757. The van der Waals surface area contributed by atoms with Crippen molar-refractivity contribution in [3.8, 4) is 0 Å². The second kappa shape index (κ2) is 11.9. The molecule has 216 valence electrons. The third-order valence-electron chi connectivity index (χ3n) is 7.82. The Balaban J connectivity index is 1.14. The number of fused-ring (bicyclic) bond motifs is 1. The average Bonchev–Trinajstić information content (AvgIpc) is 3.34. The predicted octanol–water partition coefficient (Wildman–Crippen LogP) is 5.03. The van der Waals surface area contributed by atoms with Gasteiger partial charge in [0, 0.05) is 83.7 Å². The number of hydrogen-bond acceptors (Lipinski definition) is 7. The van der Waals surface area contributed by atoms with Crippen LogP contribution in [0.3, 0.4) is 0 Å². The van der Waals surface area contributed by atoms with Gasteiger partial charge < -0.3 is 25.8 Å². The van der Waals surface area contributed by atoms with E-state index in [2.05, 4.69) is 49.9 Å². The minimum absolute atomic E-state index is 0.221. The van der Waals surface area contributed by atoms with Crippen LogP contribution in [0, 0.1) is 6.92 Å². The highest BCUT2D eigenvalue weighted by atomic mass is 16.2. The Morgan fingerprint density at radius 2 is 1.65 bits per heavy atom. The molecule has 4 aromatic rings. The summed E-state index contributed by atoms with van der Waals surface area (Å²) in [6.45, 7) is 5.87. The molecule has 0 unspecified atom stereocenters. The van der Waals surface area contributed by atoms with Gasteiger partial charge in [0.2, 0.25) is 0 Å². The van der Waals surface area contributed by atoms with E-state index >= 15 is 0 Å². The first kappa shape index (κ1) is 27.9. The Hall–Kier alpha value is -5.28. The summed E-state index contributed by atoms with van der Waals surface area (Å²) in [4.78, 5) is 47.8. The summed E-state index contributed by atoms with van der Waals surface area (Å²) in [6.07, 6.45) is 3.33. The van der Waals surface area contributed by atoms with Crippen molar-refractivity contribution in [3.05, 3.63) is 119 Å². The lowest BCUT2D eigenvalue weighted by molar-refractivity contribution is -0.110. The molecule has 2 aliphatic rings. The number of benzene rings is 3. The molecule has 0 aliphatic carbocycles. The number of aryl methyl sites for hydroxylation is 1. The van der Waals surface area contributed by atoms with Crippen LogP contribution in [0.25, 0.3) is 5.57 Å². The maximum Gasteiger partial charge on any atom is 0.257 e. The molecule has 0 saturated carbocycles. The summed E-state index contributed by atoms with van der Waals surface area (Å²) >= 11 is 0. The highest BCUT2D eigenvalue weighted by Gasteiger charge is 2.25. The molecule has 6 rings (SSSR count). The number of pyridine rings is 1. The van der Waals surface area contributed by atoms with Gasteiger partial charge in [0.15, 0.2) is 5.78 Å². The molecule has 43 heavy (non-hydrogen) atoms. The summed E-state index contributed by atoms with van der Waals surface area (Å²) in [5, 5.41) is 8.96. The first-order valence-electron chi connectivity index (χ1n) is 14.2. The van der Waals surface area contributed by atoms with Crippen LogP contribution in [0.15, 0.2) is 91.3 Å². The van der Waals surface area contributed by atoms with Crippen LogP contribution < -0.4 is 20.9 Å². The van der Waals surface area contributed by atoms with E-state index in [4.69, 9.17) is 0 Å². The third kappa shape index (κ3) is 6.02. The Kier molecular flexibility index (Phi) is 7.72. The van der Waals surface area contributed by atoms with Crippen LogP contribution in [0.2, 0.25) is 0 Å². The van der Waals surface area contributed by atoms with Crippen LogP contribution in [0.4, 0.5) is 22.7 Å². The van der Waals surface area contributed by atoms with E-state index in [1.54, 1.807) is 73.9 Å². The number of rotatable bonds is 7. The van der Waals surface area contributed by atoms with Crippen molar-refractivity contribution in [1.82, 2.24) is 9.88 Å². The lowest BCUT2D eigenvalue weighted by Crippen LogP contribution is -2.44. The first-order valence-corrected chi connectivity index (χ1v) is 14.2. The fourth-order valence-electron chi connectivity index (χ4n) is 5.30. The smallest absolute Gasteiger partial charge is 0.257 e. The summed E-state index contributed by atoms with van der Waals surface area (Å²) in [6, 6.07) is 23.6. The maximum absolute atomic E-state index is 13.4. The Morgan fingerprint density at radius 1 is 0.884 bits per heavy atom. The molecule has 2 amide bonds. The van der Waals surface area contributed by atoms with Crippen molar-refractivity contribution in [2.75, 3.05) is 54.1 Å². The number of nitrogens with zero attached hydrogens (tertiary/aromatic N) is 3. The molecular formula is C34H32N6O3. The van der Waals surface area contributed by atoms with Gasteiger partial charge in [-0.25, -0.2) is 0 Å². The van der Waals surface area contributed by atoms with Crippen LogP contribution in [0.1, 0.15) is 37.5 Å². The molecule has 0 radical (unpaired) electrons. The molecule has 3 N–H and O–H groups in total. The van der Waals surface area contributed by atoms with E-state index in [9.17, 15) is 14.4 Å². The van der Waals surface area contributed by atoms with E-state index in [1.807, 2.05) is 12.1 Å². The molecular weight excluding hydrogens is 540 g/mol. The topological polar surface area (TPSA) is 107 Å². The van der Waals surface area contributed by atoms with E-state index in [1.165, 1.54) is 5.69 Å². The molecule has 2 aliphatic heterocycles. The zero-order valence-electron chi connectivity index (χ0n) is 24.1. The molecule has 1 aromatic heterocycles. The number of carbonyl (C=O) groups is 3. The number of aromatic nitrogens is 1. The molecule has 0 spiro atoms. The van der Waals surface area contributed by atoms with Crippen molar-refractivity contribution in [3.63, 3.8) is 0 Å². The Morgan fingerprint density at radius 3 is 2.42 bits per heavy atom. The largest absolute Gasteiger partial charge is 0.369 e. The molecule has 3 aromatic carbocycles. The first-order chi connectivity index (χ1) is 20.9. The minimum Gasteiger partial charge on any atom is -0.369 e. The maximum atomic E-state index is 13.4. The number of ketones is 1. The standard InChI is InChI=1S/C34H32N6O3/c1-22-28(7-4-14-35-22)33(42)37-26-6-3-5-23(19-26)32(41)24-8-13-29-30(34(43)38-31(29)20-24)21-36-25-9-11-27(12-10-25)40-17-15-39(2)16-18-40/h3-14,19-21,36H,15-18H2,1-2H3,(H,37,42)(H,38,43). The number of nitrogens with one attached hydrogen (secondary N) is 3. The van der Waals surface area contributed by atoms with E-state index in [0.29, 0.717) is 39.3 Å². The van der Waals surface area contributed by atoms with Crippen molar-refractivity contribution >= 4 is 45.9 Å². The van der Waals surface area contributed by atoms with Gasteiger partial charge in [-0.2, -0.15) is 0 Å². The zero-order chi connectivity index (χ0) is 29.9. The van der Waals surface area contributed by atoms with Crippen molar-refractivity contribution in [1.29, 1.82) is 0 Å². The lowest BCUT2D eigenvalue weighted by atomic mass is 9.99. The SMILES string of the molecule is Cc1ncccc1C(=O)Nc1cccc(C(=O)c2ccc3c(c2)NC(=O)C3=CNc2ccc(N3CCN(C)CC3)cc2)c1. The average molecular weight is 573 g/mol. The molecule has 9 heteroatoms. The quantitative estimate of drug-likeness (QED) is 0.211. The summed E-state index contributed by atoms with van der Waals surface area (Å²) in [7, 11) is 2.14. The fourth-order valence-corrected chi connectivity index (χ4v) is 5.30. The summed E-state index contributed by atoms with van der Waals surface area (Å²) < 4.78 is 0. The minimum atomic E-state index is -0.297. The van der Waals surface area contributed by atoms with Gasteiger partial charge in [-0.15, -0.1) is 0 Å². The molecule has 1 fully saturated rings. The Labute approximate surface area is 250 Å². The molecule has 9 nitrogen and oxygen atoms in total. The van der Waals surface area contributed by atoms with Gasteiger partial charge in [-0.1, -0.05) is 24.3 Å². The van der Waals surface area contributed by atoms with Crippen molar-refractivity contribution in [2.45, 2.75) is 6.92 Å². The van der Waals surface area contributed by atoms with E-state index in [-0.39, 0.29) is 17.6 Å². The number of carbonyl (C=O) groups excluding carboxylic acids is 3. The molecule has 1 saturated heterocycles. The molecule has 0 bridgehead atoms. The van der Waals surface area contributed by atoms with Gasteiger partial charge in [-0.3, -0.25) is 19.4 Å². The second-order valence-corrected chi connectivity index (χ2v) is 10.8. The monoisotopic (exact) mass is 572 g/mol. The van der Waals surface area contributed by atoms with Gasteiger partial charge >= 0.3 is 0 Å². The number of piperazine rings is 1. The highest BCUT2D eigenvalue weighted by molar-refractivity contribution is 6.32. The van der Waals surface area contributed by atoms with Crippen LogP contribution >= 0.6 is 0 Å². The second-order valence-electron chi connectivity index (χ2n) is 10.8. The van der Waals surface area contributed by atoms with Gasteiger partial charge in [0.1, 0.15) is 0 Å². The fraction of sp³-hybridized carbons (Fsp3) is 0.176. The number of anilines is 4. The van der Waals surface area contributed by atoms with Crippen molar-refractivity contribution in [2.24, 2.45) is 0 Å². The van der Waals surface area contributed by atoms with Crippen molar-refractivity contribution < 1.29 is 14.4 Å².